The molecule has 0 saturated heterocycles. The summed E-state index contributed by atoms with van der Waals surface area (Å²) in [4.78, 5) is 13.0. The molecule has 0 spiro atoms. The molecule has 24 heavy (non-hydrogen) atoms. The number of fused-ring (bicyclic) bond motifs is 1. The van der Waals surface area contributed by atoms with Crippen molar-refractivity contribution in [2.45, 2.75) is 102 Å². The maximum atomic E-state index is 13.0. The third kappa shape index (κ3) is 3.32. The minimum absolute atomic E-state index is 0.245. The molecule has 1 aromatic heterocycles. The second-order valence-electron chi connectivity index (χ2n) is 8.38. The van der Waals surface area contributed by atoms with Crippen LogP contribution in [-0.2, 0) is 19.4 Å². The molecular formula is C21H32N2O. The van der Waals surface area contributed by atoms with E-state index >= 15 is 0 Å². The molecule has 0 aromatic carbocycles. The van der Waals surface area contributed by atoms with E-state index in [9.17, 15) is 4.79 Å². The number of rotatable bonds is 3. The molecule has 132 valence electrons. The van der Waals surface area contributed by atoms with E-state index in [0.29, 0.717) is 11.8 Å². The van der Waals surface area contributed by atoms with Gasteiger partial charge in [-0.3, -0.25) is 4.79 Å². The lowest BCUT2D eigenvalue weighted by Crippen LogP contribution is -2.34. The van der Waals surface area contributed by atoms with Crippen LogP contribution in [0.5, 0.6) is 0 Å². The molecule has 0 aliphatic heterocycles. The first-order valence-electron chi connectivity index (χ1n) is 10.5. The van der Waals surface area contributed by atoms with Crippen molar-refractivity contribution in [3.8, 4) is 0 Å². The van der Waals surface area contributed by atoms with E-state index in [-0.39, 0.29) is 5.56 Å². The molecule has 2 fully saturated rings. The van der Waals surface area contributed by atoms with Crippen LogP contribution in [0, 0.1) is 5.92 Å². The van der Waals surface area contributed by atoms with Crippen LogP contribution in [0.1, 0.15) is 99.8 Å². The van der Waals surface area contributed by atoms with Crippen LogP contribution in [0.3, 0.4) is 0 Å². The van der Waals surface area contributed by atoms with E-state index in [1.54, 1.807) is 0 Å². The Morgan fingerprint density at radius 3 is 2.12 bits per heavy atom. The summed E-state index contributed by atoms with van der Waals surface area (Å²) in [6.07, 6.45) is 17.7. The Kier molecular flexibility index (Phi) is 5.05. The predicted octanol–water partition coefficient (Wildman–Crippen LogP) is 4.75. The van der Waals surface area contributed by atoms with Crippen LogP contribution in [0.15, 0.2) is 4.79 Å². The Morgan fingerprint density at radius 1 is 0.792 bits per heavy atom. The number of aromatic nitrogens is 2. The van der Waals surface area contributed by atoms with Crippen molar-refractivity contribution < 1.29 is 0 Å². The fourth-order valence-electron chi connectivity index (χ4n) is 5.26. The average Bonchev–Trinajstić information content (AvgIpc) is 2.66. The minimum atomic E-state index is 0.245. The summed E-state index contributed by atoms with van der Waals surface area (Å²) in [5, 5.41) is 5.01. The lowest BCUT2D eigenvalue weighted by atomic mass is 9.81. The van der Waals surface area contributed by atoms with Crippen LogP contribution >= 0.6 is 0 Å². The fraction of sp³-hybridized carbons (Fsp3) is 0.810. The first-order valence-corrected chi connectivity index (χ1v) is 10.5. The average molecular weight is 329 g/mol. The highest BCUT2D eigenvalue weighted by molar-refractivity contribution is 5.33. The highest BCUT2D eigenvalue weighted by Crippen LogP contribution is 2.35. The number of hydrogen-bond acceptors (Lipinski definition) is 2. The van der Waals surface area contributed by atoms with Crippen LogP contribution < -0.4 is 5.56 Å². The molecule has 0 radical (unpaired) electrons. The van der Waals surface area contributed by atoms with Crippen LogP contribution in [0.25, 0.3) is 0 Å². The third-order valence-electron chi connectivity index (χ3n) is 6.65. The summed E-state index contributed by atoms with van der Waals surface area (Å²) in [7, 11) is 0. The summed E-state index contributed by atoms with van der Waals surface area (Å²) < 4.78 is 1.89. The number of hydrogen-bond donors (Lipinski definition) is 0. The van der Waals surface area contributed by atoms with Gasteiger partial charge in [-0.1, -0.05) is 38.5 Å². The van der Waals surface area contributed by atoms with Crippen molar-refractivity contribution in [1.29, 1.82) is 0 Å². The van der Waals surface area contributed by atoms with Gasteiger partial charge in [0.2, 0.25) is 0 Å². The Morgan fingerprint density at radius 2 is 1.42 bits per heavy atom. The molecule has 0 amide bonds. The van der Waals surface area contributed by atoms with E-state index in [1.807, 2.05) is 4.68 Å². The maximum Gasteiger partial charge on any atom is 0.270 e. The smallest absolute Gasteiger partial charge is 0.267 e. The highest BCUT2D eigenvalue weighted by Gasteiger charge is 2.27. The molecule has 4 rings (SSSR count). The molecule has 0 unspecified atom stereocenters. The van der Waals surface area contributed by atoms with Crippen molar-refractivity contribution in [2.75, 3.05) is 0 Å². The lowest BCUT2D eigenvalue weighted by Gasteiger charge is -2.28. The molecule has 0 N–H and O–H groups in total. The Hall–Kier alpha value is -1.12. The van der Waals surface area contributed by atoms with Gasteiger partial charge in [-0.15, -0.1) is 0 Å². The fourth-order valence-corrected chi connectivity index (χ4v) is 5.26. The molecule has 3 heteroatoms. The molecule has 2 saturated carbocycles. The molecule has 3 nitrogen and oxygen atoms in total. The minimum Gasteiger partial charge on any atom is -0.267 e. The molecule has 0 bridgehead atoms. The largest absolute Gasteiger partial charge is 0.270 e. The quantitative estimate of drug-likeness (QED) is 0.802. The molecular weight excluding hydrogens is 296 g/mol. The van der Waals surface area contributed by atoms with Crippen molar-refractivity contribution in [2.24, 2.45) is 5.92 Å². The van der Waals surface area contributed by atoms with E-state index in [1.165, 1.54) is 88.3 Å². The first kappa shape index (κ1) is 16.4. The molecule has 1 heterocycles. The van der Waals surface area contributed by atoms with Crippen molar-refractivity contribution in [1.82, 2.24) is 9.78 Å². The summed E-state index contributed by atoms with van der Waals surface area (Å²) in [5.74, 6) is 1.29. The Labute approximate surface area is 145 Å². The highest BCUT2D eigenvalue weighted by atomic mass is 16.1. The zero-order valence-corrected chi connectivity index (χ0v) is 15.1. The predicted molar refractivity (Wildman–Crippen MR) is 97.5 cm³/mol. The van der Waals surface area contributed by atoms with Crippen LogP contribution in [0.2, 0.25) is 0 Å². The topological polar surface area (TPSA) is 34.9 Å². The first-order chi connectivity index (χ1) is 11.8. The van der Waals surface area contributed by atoms with Gasteiger partial charge in [0.1, 0.15) is 0 Å². The summed E-state index contributed by atoms with van der Waals surface area (Å²) in [6, 6.07) is 0. The van der Waals surface area contributed by atoms with Gasteiger partial charge in [0.15, 0.2) is 0 Å². The van der Waals surface area contributed by atoms with E-state index < -0.39 is 0 Å². The SMILES string of the molecule is O=c1c2c(c(C3CCCCC3)nn1CC1CCCCC1)CCCC2. The van der Waals surface area contributed by atoms with Gasteiger partial charge in [0, 0.05) is 18.0 Å². The van der Waals surface area contributed by atoms with Crippen molar-refractivity contribution in [3.05, 3.63) is 27.2 Å². The Balaban J connectivity index is 1.68. The summed E-state index contributed by atoms with van der Waals surface area (Å²) in [6.45, 7) is 0.867. The maximum absolute atomic E-state index is 13.0. The summed E-state index contributed by atoms with van der Waals surface area (Å²) in [5.41, 5.74) is 4.06. The normalized spacial score (nSPS) is 23.2. The standard InChI is InChI=1S/C21H32N2O/c24-21-19-14-8-7-13-18(19)20(17-11-5-2-6-12-17)22-23(21)15-16-9-3-1-4-10-16/h16-17H,1-15H2. The second kappa shape index (κ2) is 7.41. The zero-order valence-electron chi connectivity index (χ0n) is 15.1. The van der Waals surface area contributed by atoms with Gasteiger partial charge in [-0.05, 0) is 62.8 Å². The van der Waals surface area contributed by atoms with Gasteiger partial charge >= 0.3 is 0 Å². The lowest BCUT2D eigenvalue weighted by molar-refractivity contribution is 0.297. The molecule has 3 aliphatic carbocycles. The Bertz CT molecular complexity index is 621. The third-order valence-corrected chi connectivity index (χ3v) is 6.65. The van der Waals surface area contributed by atoms with Gasteiger partial charge in [-0.2, -0.15) is 5.10 Å². The zero-order chi connectivity index (χ0) is 16.4. The number of nitrogens with zero attached hydrogens (tertiary/aromatic N) is 2. The van der Waals surface area contributed by atoms with Gasteiger partial charge in [0.25, 0.3) is 5.56 Å². The molecule has 0 atom stereocenters. The van der Waals surface area contributed by atoms with Gasteiger partial charge < -0.3 is 0 Å². The second-order valence-corrected chi connectivity index (χ2v) is 8.38. The van der Waals surface area contributed by atoms with Crippen molar-refractivity contribution in [3.63, 3.8) is 0 Å². The molecule has 1 aromatic rings. The van der Waals surface area contributed by atoms with E-state index in [4.69, 9.17) is 5.10 Å². The van der Waals surface area contributed by atoms with Crippen molar-refractivity contribution >= 4 is 0 Å². The van der Waals surface area contributed by atoms with Crippen LogP contribution in [-0.4, -0.2) is 9.78 Å². The summed E-state index contributed by atoms with van der Waals surface area (Å²) >= 11 is 0. The monoisotopic (exact) mass is 328 g/mol. The van der Waals surface area contributed by atoms with Gasteiger partial charge in [-0.25, -0.2) is 4.68 Å². The van der Waals surface area contributed by atoms with Gasteiger partial charge in [0.05, 0.1) is 5.69 Å². The van der Waals surface area contributed by atoms with Crippen LogP contribution in [0.4, 0.5) is 0 Å². The van der Waals surface area contributed by atoms with E-state index in [2.05, 4.69) is 0 Å². The molecule has 3 aliphatic rings. The van der Waals surface area contributed by atoms with E-state index in [0.717, 1.165) is 24.9 Å².